The van der Waals surface area contributed by atoms with Crippen LogP contribution in [0.1, 0.15) is 38.2 Å². The molecule has 0 aromatic carbocycles. The Kier molecular flexibility index (Phi) is 4.83. The Morgan fingerprint density at radius 1 is 1.42 bits per heavy atom. The van der Waals surface area contributed by atoms with E-state index in [1.54, 1.807) is 27.7 Å². The molecular weight excluding hydrogens is 272 g/mol. The van der Waals surface area contributed by atoms with Crippen molar-refractivity contribution in [2.45, 2.75) is 33.3 Å². The maximum atomic E-state index is 11.6. The van der Waals surface area contributed by atoms with Crippen LogP contribution in [0.4, 0.5) is 10.5 Å². The second-order valence-electron chi connectivity index (χ2n) is 4.75. The van der Waals surface area contributed by atoms with Gasteiger partial charge in [0.2, 0.25) is 0 Å². The summed E-state index contributed by atoms with van der Waals surface area (Å²) in [7, 11) is 0. The number of carbonyl (C=O) groups is 2. The van der Waals surface area contributed by atoms with Crippen molar-refractivity contribution in [1.82, 2.24) is 4.98 Å². The SMILES string of the molecule is CCOC(=O)c1[nH]c(Cl)cc1NC(=O)OC(C)(C)C. The predicted molar refractivity (Wildman–Crippen MR) is 71.6 cm³/mol. The van der Waals surface area contributed by atoms with Crippen molar-refractivity contribution in [2.24, 2.45) is 0 Å². The summed E-state index contributed by atoms with van der Waals surface area (Å²) in [5.41, 5.74) is -0.329. The molecule has 1 rings (SSSR count). The minimum absolute atomic E-state index is 0.0812. The molecule has 0 saturated heterocycles. The molecule has 0 fully saturated rings. The Morgan fingerprint density at radius 3 is 2.58 bits per heavy atom. The summed E-state index contributed by atoms with van der Waals surface area (Å²) in [5.74, 6) is -0.597. The van der Waals surface area contributed by atoms with E-state index in [2.05, 4.69) is 10.3 Å². The number of carbonyl (C=O) groups excluding carboxylic acids is 2. The molecule has 0 bridgehead atoms. The summed E-state index contributed by atoms with van der Waals surface area (Å²) in [6.07, 6.45) is -0.672. The van der Waals surface area contributed by atoms with Gasteiger partial charge in [0.15, 0.2) is 0 Å². The Balaban J connectivity index is 2.83. The van der Waals surface area contributed by atoms with Crippen LogP contribution in [0.15, 0.2) is 6.07 Å². The highest BCUT2D eigenvalue weighted by atomic mass is 35.5. The molecule has 0 aliphatic heterocycles. The molecule has 106 valence electrons. The number of anilines is 1. The second-order valence-corrected chi connectivity index (χ2v) is 5.16. The average Bonchev–Trinajstić information content (AvgIpc) is 2.56. The van der Waals surface area contributed by atoms with Gasteiger partial charge in [0.05, 0.1) is 12.3 Å². The van der Waals surface area contributed by atoms with Crippen LogP contribution < -0.4 is 5.32 Å². The average molecular weight is 289 g/mol. The van der Waals surface area contributed by atoms with Crippen LogP contribution >= 0.6 is 11.6 Å². The summed E-state index contributed by atoms with van der Waals surface area (Å²) in [6.45, 7) is 7.12. The number of aromatic amines is 1. The van der Waals surface area contributed by atoms with Crippen LogP contribution in [0.2, 0.25) is 5.15 Å². The normalized spacial score (nSPS) is 11.0. The lowest BCUT2D eigenvalue weighted by Gasteiger charge is -2.19. The molecule has 0 spiro atoms. The van der Waals surface area contributed by atoms with Crippen molar-refractivity contribution in [1.29, 1.82) is 0 Å². The van der Waals surface area contributed by atoms with E-state index < -0.39 is 17.7 Å². The summed E-state index contributed by atoms with van der Waals surface area (Å²) in [5, 5.41) is 2.67. The van der Waals surface area contributed by atoms with E-state index in [-0.39, 0.29) is 23.1 Å². The maximum absolute atomic E-state index is 11.6. The fourth-order valence-electron chi connectivity index (χ4n) is 1.30. The molecule has 0 radical (unpaired) electrons. The first-order chi connectivity index (χ1) is 8.73. The Labute approximate surface area is 116 Å². The van der Waals surface area contributed by atoms with Crippen LogP contribution in [0.3, 0.4) is 0 Å². The van der Waals surface area contributed by atoms with Gasteiger partial charge in [-0.3, -0.25) is 5.32 Å². The zero-order valence-corrected chi connectivity index (χ0v) is 12.1. The summed E-state index contributed by atoms with van der Waals surface area (Å²) in [4.78, 5) is 25.9. The van der Waals surface area contributed by atoms with Crippen LogP contribution in [-0.4, -0.2) is 29.3 Å². The topological polar surface area (TPSA) is 80.4 Å². The van der Waals surface area contributed by atoms with Gasteiger partial charge in [-0.2, -0.15) is 0 Å². The predicted octanol–water partition coefficient (Wildman–Crippen LogP) is 3.19. The Hall–Kier alpha value is -1.69. The number of ether oxygens (including phenoxy) is 2. The van der Waals surface area contributed by atoms with E-state index >= 15 is 0 Å². The lowest BCUT2D eigenvalue weighted by molar-refractivity contribution is 0.0521. The molecule has 1 aromatic rings. The largest absolute Gasteiger partial charge is 0.461 e. The van der Waals surface area contributed by atoms with Gasteiger partial charge in [0.25, 0.3) is 0 Å². The molecule has 1 heterocycles. The number of aromatic nitrogens is 1. The third kappa shape index (κ3) is 4.82. The molecule has 0 saturated carbocycles. The monoisotopic (exact) mass is 288 g/mol. The molecule has 0 atom stereocenters. The van der Waals surface area contributed by atoms with Crippen molar-refractivity contribution in [3.63, 3.8) is 0 Å². The quantitative estimate of drug-likeness (QED) is 0.837. The maximum Gasteiger partial charge on any atom is 0.412 e. The third-order valence-electron chi connectivity index (χ3n) is 1.90. The zero-order valence-electron chi connectivity index (χ0n) is 11.3. The molecule has 2 N–H and O–H groups in total. The minimum Gasteiger partial charge on any atom is -0.461 e. The van der Waals surface area contributed by atoms with E-state index in [1.807, 2.05) is 0 Å². The molecule has 7 heteroatoms. The van der Waals surface area contributed by atoms with Gasteiger partial charge >= 0.3 is 12.1 Å². The zero-order chi connectivity index (χ0) is 14.6. The number of halogens is 1. The highest BCUT2D eigenvalue weighted by Gasteiger charge is 2.21. The van der Waals surface area contributed by atoms with Crippen LogP contribution in [0, 0.1) is 0 Å². The van der Waals surface area contributed by atoms with Crippen molar-refractivity contribution >= 4 is 29.4 Å². The highest BCUT2D eigenvalue weighted by molar-refractivity contribution is 6.30. The van der Waals surface area contributed by atoms with E-state index in [1.165, 1.54) is 6.07 Å². The Morgan fingerprint density at radius 2 is 2.05 bits per heavy atom. The number of rotatable bonds is 3. The summed E-state index contributed by atoms with van der Waals surface area (Å²) < 4.78 is 9.93. The smallest absolute Gasteiger partial charge is 0.412 e. The first kappa shape index (κ1) is 15.4. The van der Waals surface area contributed by atoms with Gasteiger partial charge in [-0.1, -0.05) is 11.6 Å². The van der Waals surface area contributed by atoms with Gasteiger partial charge in [-0.15, -0.1) is 0 Å². The van der Waals surface area contributed by atoms with Crippen molar-refractivity contribution in [3.8, 4) is 0 Å². The lowest BCUT2D eigenvalue weighted by atomic mass is 10.2. The number of H-pyrrole nitrogens is 1. The van der Waals surface area contributed by atoms with Gasteiger partial charge in [0, 0.05) is 0 Å². The number of esters is 1. The van der Waals surface area contributed by atoms with Gasteiger partial charge in [0.1, 0.15) is 16.4 Å². The molecule has 1 amide bonds. The standard InChI is InChI=1S/C12H17ClN2O4/c1-5-18-10(16)9-7(6-8(13)15-9)14-11(17)19-12(2,3)4/h6,15H,5H2,1-4H3,(H,14,17). The molecule has 6 nitrogen and oxygen atoms in total. The highest BCUT2D eigenvalue weighted by Crippen LogP contribution is 2.22. The van der Waals surface area contributed by atoms with Gasteiger partial charge in [-0.05, 0) is 33.8 Å². The van der Waals surface area contributed by atoms with E-state index in [4.69, 9.17) is 21.1 Å². The second kappa shape index (κ2) is 5.97. The molecule has 0 aliphatic carbocycles. The number of nitrogens with one attached hydrogen (secondary N) is 2. The van der Waals surface area contributed by atoms with Crippen LogP contribution in [-0.2, 0) is 9.47 Å². The fourth-order valence-corrected chi connectivity index (χ4v) is 1.50. The van der Waals surface area contributed by atoms with E-state index in [0.29, 0.717) is 0 Å². The minimum atomic E-state index is -0.672. The summed E-state index contributed by atoms with van der Waals surface area (Å²) >= 11 is 5.77. The number of amides is 1. The third-order valence-corrected chi connectivity index (χ3v) is 2.10. The first-order valence-corrected chi connectivity index (χ1v) is 6.16. The molecule has 0 unspecified atom stereocenters. The van der Waals surface area contributed by atoms with E-state index in [9.17, 15) is 9.59 Å². The number of hydrogen-bond acceptors (Lipinski definition) is 4. The van der Waals surface area contributed by atoms with Gasteiger partial charge < -0.3 is 14.5 Å². The molecule has 1 aromatic heterocycles. The number of hydrogen-bond donors (Lipinski definition) is 2. The van der Waals surface area contributed by atoms with Crippen LogP contribution in [0.25, 0.3) is 0 Å². The van der Waals surface area contributed by atoms with Crippen molar-refractivity contribution in [3.05, 3.63) is 16.9 Å². The fraction of sp³-hybridized carbons (Fsp3) is 0.500. The summed E-state index contributed by atoms with van der Waals surface area (Å²) in [6, 6.07) is 1.41. The van der Waals surface area contributed by atoms with E-state index in [0.717, 1.165) is 0 Å². The molecule has 19 heavy (non-hydrogen) atoms. The first-order valence-electron chi connectivity index (χ1n) is 5.78. The van der Waals surface area contributed by atoms with Crippen LogP contribution in [0.5, 0.6) is 0 Å². The van der Waals surface area contributed by atoms with Gasteiger partial charge in [-0.25, -0.2) is 9.59 Å². The van der Waals surface area contributed by atoms with Crippen molar-refractivity contribution in [2.75, 3.05) is 11.9 Å². The lowest BCUT2D eigenvalue weighted by Crippen LogP contribution is -2.27. The van der Waals surface area contributed by atoms with Crippen molar-refractivity contribution < 1.29 is 19.1 Å². The molecular formula is C12H17ClN2O4. The molecule has 0 aliphatic rings. The Bertz CT molecular complexity index is 477.